The van der Waals surface area contributed by atoms with Crippen molar-refractivity contribution in [3.8, 4) is 11.5 Å². The van der Waals surface area contributed by atoms with Crippen molar-refractivity contribution in [3.63, 3.8) is 0 Å². The maximum Gasteiger partial charge on any atom is 0.251 e. The Morgan fingerprint density at radius 1 is 1.13 bits per heavy atom. The zero-order chi connectivity index (χ0) is 22.4. The summed E-state index contributed by atoms with van der Waals surface area (Å²) in [5.41, 5.74) is 4.39. The minimum atomic E-state index is -0.134. The van der Waals surface area contributed by atoms with E-state index in [1.807, 2.05) is 39.0 Å². The predicted molar refractivity (Wildman–Crippen MR) is 122 cm³/mol. The van der Waals surface area contributed by atoms with Crippen LogP contribution in [0.3, 0.4) is 0 Å². The molecule has 0 aliphatic carbocycles. The number of aryl methyl sites for hydroxylation is 4. The van der Waals surface area contributed by atoms with Gasteiger partial charge in [-0.15, -0.1) is 0 Å². The summed E-state index contributed by atoms with van der Waals surface area (Å²) < 4.78 is 13.2. The molecule has 0 saturated carbocycles. The molecule has 164 valence electrons. The van der Waals surface area contributed by atoms with Crippen LogP contribution in [0, 0.1) is 20.8 Å². The second kappa shape index (κ2) is 10.4. The molecule has 1 amide bonds. The lowest BCUT2D eigenvalue weighted by atomic mass is 10.1. The van der Waals surface area contributed by atoms with Crippen LogP contribution in [0.4, 0.5) is 0 Å². The molecule has 1 aromatic heterocycles. The molecular formula is C24H28ClN3O3. The Morgan fingerprint density at radius 3 is 2.65 bits per heavy atom. The molecule has 0 atom stereocenters. The Bertz CT molecular complexity index is 1040. The van der Waals surface area contributed by atoms with E-state index in [1.54, 1.807) is 30.1 Å². The first-order chi connectivity index (χ1) is 14.9. The van der Waals surface area contributed by atoms with Gasteiger partial charge in [-0.1, -0.05) is 23.7 Å². The number of methoxy groups -OCH3 is 1. The van der Waals surface area contributed by atoms with Crippen molar-refractivity contribution in [2.45, 2.75) is 40.3 Å². The Labute approximate surface area is 188 Å². The van der Waals surface area contributed by atoms with Gasteiger partial charge in [-0.25, -0.2) is 0 Å². The molecule has 0 radical (unpaired) electrons. The molecule has 0 saturated heterocycles. The van der Waals surface area contributed by atoms with Gasteiger partial charge in [0, 0.05) is 30.4 Å². The first kappa shape index (κ1) is 22.7. The van der Waals surface area contributed by atoms with Crippen LogP contribution in [0.5, 0.6) is 11.5 Å². The number of halogens is 1. The van der Waals surface area contributed by atoms with Gasteiger partial charge in [-0.05, 0) is 62.6 Å². The maximum absolute atomic E-state index is 12.6. The number of carbonyl (C=O) groups excluding carboxylic acids is 1. The van der Waals surface area contributed by atoms with Gasteiger partial charge in [0.25, 0.3) is 5.91 Å². The molecule has 7 heteroatoms. The van der Waals surface area contributed by atoms with Crippen LogP contribution < -0.4 is 14.8 Å². The summed E-state index contributed by atoms with van der Waals surface area (Å²) >= 11 is 6.02. The van der Waals surface area contributed by atoms with E-state index in [0.29, 0.717) is 36.0 Å². The van der Waals surface area contributed by atoms with Gasteiger partial charge in [0.15, 0.2) is 0 Å². The molecule has 0 aliphatic rings. The Kier molecular flexibility index (Phi) is 7.58. The summed E-state index contributed by atoms with van der Waals surface area (Å²) in [5.74, 6) is 1.38. The number of ether oxygens (including phenoxy) is 2. The van der Waals surface area contributed by atoms with Gasteiger partial charge in [-0.3, -0.25) is 9.48 Å². The second-order valence-electron chi connectivity index (χ2n) is 7.52. The van der Waals surface area contributed by atoms with Crippen LogP contribution in [-0.4, -0.2) is 29.3 Å². The Hall–Kier alpha value is -2.99. The van der Waals surface area contributed by atoms with E-state index in [4.69, 9.17) is 21.1 Å². The maximum atomic E-state index is 12.6. The molecule has 0 unspecified atom stereocenters. The first-order valence-electron chi connectivity index (χ1n) is 10.2. The standard InChI is InChI=1S/C24H28ClN3O3/c1-16-6-7-17(2)23(12-16)31-15-20-13-19(8-9-22(20)30-4)24(29)26-10-5-11-28-14-21(25)18(3)27-28/h6-9,12-14H,5,10-11,15H2,1-4H3,(H,26,29). The molecule has 2 aromatic carbocycles. The number of hydrogen-bond donors (Lipinski definition) is 1. The number of amides is 1. The van der Waals surface area contributed by atoms with Gasteiger partial charge in [-0.2, -0.15) is 5.10 Å². The van der Waals surface area contributed by atoms with E-state index in [1.165, 1.54) is 0 Å². The van der Waals surface area contributed by atoms with Crippen LogP contribution >= 0.6 is 11.6 Å². The number of benzene rings is 2. The van der Waals surface area contributed by atoms with Gasteiger partial charge >= 0.3 is 0 Å². The Morgan fingerprint density at radius 2 is 1.94 bits per heavy atom. The normalized spacial score (nSPS) is 10.7. The molecule has 0 bridgehead atoms. The number of nitrogens with zero attached hydrogens (tertiary/aromatic N) is 2. The highest BCUT2D eigenvalue weighted by Gasteiger charge is 2.12. The van der Waals surface area contributed by atoms with Gasteiger partial charge in [0.05, 0.1) is 17.8 Å². The topological polar surface area (TPSA) is 65.4 Å². The average Bonchev–Trinajstić information content (AvgIpc) is 3.08. The van der Waals surface area contributed by atoms with E-state index >= 15 is 0 Å². The number of hydrogen-bond acceptors (Lipinski definition) is 4. The van der Waals surface area contributed by atoms with Crippen LogP contribution in [0.25, 0.3) is 0 Å². The summed E-state index contributed by atoms with van der Waals surface area (Å²) in [6.07, 6.45) is 2.55. The number of rotatable bonds is 9. The fourth-order valence-electron chi connectivity index (χ4n) is 3.20. The molecule has 1 heterocycles. The van der Waals surface area contributed by atoms with E-state index < -0.39 is 0 Å². The third-order valence-corrected chi connectivity index (χ3v) is 5.38. The van der Waals surface area contributed by atoms with Crippen molar-refractivity contribution in [3.05, 3.63) is 75.6 Å². The fraction of sp³-hybridized carbons (Fsp3) is 0.333. The lowest BCUT2D eigenvalue weighted by molar-refractivity contribution is 0.0952. The highest BCUT2D eigenvalue weighted by atomic mass is 35.5. The van der Waals surface area contributed by atoms with Crippen molar-refractivity contribution < 1.29 is 14.3 Å². The number of nitrogens with one attached hydrogen (secondary N) is 1. The average molecular weight is 442 g/mol. The molecule has 3 rings (SSSR count). The monoisotopic (exact) mass is 441 g/mol. The zero-order valence-electron chi connectivity index (χ0n) is 18.4. The molecule has 0 aliphatic heterocycles. The summed E-state index contributed by atoms with van der Waals surface area (Å²) in [6, 6.07) is 11.5. The summed E-state index contributed by atoms with van der Waals surface area (Å²) in [5, 5.41) is 7.92. The number of carbonyl (C=O) groups is 1. The van der Waals surface area contributed by atoms with Crippen molar-refractivity contribution in [2.24, 2.45) is 0 Å². The molecular weight excluding hydrogens is 414 g/mol. The molecule has 0 spiro atoms. The fourth-order valence-corrected chi connectivity index (χ4v) is 3.35. The first-order valence-corrected chi connectivity index (χ1v) is 10.6. The third kappa shape index (κ3) is 6.01. The van der Waals surface area contributed by atoms with E-state index in [-0.39, 0.29) is 5.91 Å². The van der Waals surface area contributed by atoms with Crippen molar-refractivity contribution in [1.29, 1.82) is 0 Å². The zero-order valence-corrected chi connectivity index (χ0v) is 19.1. The summed E-state index contributed by atoms with van der Waals surface area (Å²) in [4.78, 5) is 12.6. The van der Waals surface area contributed by atoms with Crippen LogP contribution in [-0.2, 0) is 13.2 Å². The lowest BCUT2D eigenvalue weighted by Crippen LogP contribution is -2.25. The van der Waals surface area contributed by atoms with Gasteiger partial charge in [0.1, 0.15) is 18.1 Å². The number of aromatic nitrogens is 2. The Balaban J connectivity index is 1.59. The SMILES string of the molecule is COc1ccc(C(=O)NCCCn2cc(Cl)c(C)n2)cc1COc1cc(C)ccc1C. The molecule has 31 heavy (non-hydrogen) atoms. The van der Waals surface area contributed by atoms with Crippen LogP contribution in [0.2, 0.25) is 5.02 Å². The molecule has 0 fully saturated rings. The van der Waals surface area contributed by atoms with Crippen molar-refractivity contribution in [1.82, 2.24) is 15.1 Å². The minimum absolute atomic E-state index is 0.134. The van der Waals surface area contributed by atoms with Gasteiger partial charge in [0.2, 0.25) is 0 Å². The molecule has 1 N–H and O–H groups in total. The van der Waals surface area contributed by atoms with Crippen LogP contribution in [0.15, 0.2) is 42.6 Å². The highest BCUT2D eigenvalue weighted by Crippen LogP contribution is 2.25. The second-order valence-corrected chi connectivity index (χ2v) is 7.93. The predicted octanol–water partition coefficient (Wildman–Crippen LogP) is 4.87. The lowest BCUT2D eigenvalue weighted by Gasteiger charge is -2.14. The summed E-state index contributed by atoms with van der Waals surface area (Å²) in [7, 11) is 1.61. The highest BCUT2D eigenvalue weighted by molar-refractivity contribution is 6.31. The van der Waals surface area contributed by atoms with Crippen molar-refractivity contribution in [2.75, 3.05) is 13.7 Å². The van der Waals surface area contributed by atoms with Crippen LogP contribution in [0.1, 0.15) is 39.2 Å². The third-order valence-electron chi connectivity index (χ3n) is 5.01. The van der Waals surface area contributed by atoms with E-state index in [9.17, 15) is 4.79 Å². The van der Waals surface area contributed by atoms with Gasteiger partial charge < -0.3 is 14.8 Å². The quantitative estimate of drug-likeness (QED) is 0.481. The van der Waals surface area contributed by atoms with Crippen molar-refractivity contribution >= 4 is 17.5 Å². The molecule has 3 aromatic rings. The minimum Gasteiger partial charge on any atom is -0.496 e. The largest absolute Gasteiger partial charge is 0.496 e. The smallest absolute Gasteiger partial charge is 0.251 e. The van der Waals surface area contributed by atoms with E-state index in [2.05, 4.69) is 16.5 Å². The summed E-state index contributed by atoms with van der Waals surface area (Å²) in [6.45, 7) is 7.44. The molecule has 6 nitrogen and oxygen atoms in total. The van der Waals surface area contributed by atoms with E-state index in [0.717, 1.165) is 34.6 Å².